The molecule has 0 saturated heterocycles. The van der Waals surface area contributed by atoms with Gasteiger partial charge >= 0.3 is 0 Å². The van der Waals surface area contributed by atoms with E-state index in [2.05, 4.69) is 0 Å². The van der Waals surface area contributed by atoms with Crippen molar-refractivity contribution in [1.82, 2.24) is 4.90 Å². The Labute approximate surface area is 168 Å². The molecule has 2 aromatic carbocycles. The monoisotopic (exact) mass is 393 g/mol. The van der Waals surface area contributed by atoms with Gasteiger partial charge in [-0.3, -0.25) is 9.59 Å². The minimum absolute atomic E-state index is 0.0472. The van der Waals surface area contributed by atoms with E-state index in [0.29, 0.717) is 41.9 Å². The number of benzene rings is 2. The van der Waals surface area contributed by atoms with Crippen molar-refractivity contribution in [3.05, 3.63) is 75.1 Å². The maximum Gasteiger partial charge on any atom is 0.290 e. The largest absolute Gasteiger partial charge is 0.494 e. The molecule has 0 saturated carbocycles. The van der Waals surface area contributed by atoms with E-state index < -0.39 is 6.04 Å². The fourth-order valence-electron chi connectivity index (χ4n) is 3.89. The van der Waals surface area contributed by atoms with Crippen LogP contribution in [-0.4, -0.2) is 35.7 Å². The third kappa shape index (κ3) is 3.29. The molecule has 0 spiro atoms. The van der Waals surface area contributed by atoms with Crippen LogP contribution >= 0.6 is 0 Å². The van der Waals surface area contributed by atoms with E-state index in [4.69, 9.17) is 9.15 Å². The van der Waals surface area contributed by atoms with Gasteiger partial charge in [0.15, 0.2) is 5.43 Å². The minimum Gasteiger partial charge on any atom is -0.494 e. The molecule has 1 aromatic heterocycles. The van der Waals surface area contributed by atoms with Crippen LogP contribution in [0.25, 0.3) is 11.0 Å². The van der Waals surface area contributed by atoms with Crippen molar-refractivity contribution in [2.45, 2.75) is 26.3 Å². The summed E-state index contributed by atoms with van der Waals surface area (Å²) in [5.74, 6) is 0.421. The van der Waals surface area contributed by atoms with Gasteiger partial charge in [-0.05, 0) is 50.1 Å². The van der Waals surface area contributed by atoms with E-state index in [1.807, 2.05) is 44.2 Å². The maximum absolute atomic E-state index is 13.4. The van der Waals surface area contributed by atoms with Gasteiger partial charge in [-0.2, -0.15) is 0 Å². The van der Waals surface area contributed by atoms with Gasteiger partial charge in [-0.25, -0.2) is 0 Å². The Morgan fingerprint density at radius 3 is 2.76 bits per heavy atom. The van der Waals surface area contributed by atoms with Crippen LogP contribution in [0, 0.1) is 6.92 Å². The van der Waals surface area contributed by atoms with Gasteiger partial charge in [0, 0.05) is 13.2 Å². The molecule has 2 heterocycles. The van der Waals surface area contributed by atoms with E-state index in [0.717, 1.165) is 11.1 Å². The molecule has 150 valence electrons. The van der Waals surface area contributed by atoms with Crippen molar-refractivity contribution in [3.63, 3.8) is 0 Å². The van der Waals surface area contributed by atoms with Crippen molar-refractivity contribution < 1.29 is 19.1 Å². The number of aryl methyl sites for hydroxylation is 1. The van der Waals surface area contributed by atoms with Gasteiger partial charge in [0.2, 0.25) is 5.76 Å². The Morgan fingerprint density at radius 1 is 1.17 bits per heavy atom. The topological polar surface area (TPSA) is 80.0 Å². The fourth-order valence-corrected chi connectivity index (χ4v) is 3.89. The second-order valence-corrected chi connectivity index (χ2v) is 7.16. The zero-order valence-electron chi connectivity index (χ0n) is 16.5. The summed E-state index contributed by atoms with van der Waals surface area (Å²) in [4.78, 5) is 28.2. The summed E-state index contributed by atoms with van der Waals surface area (Å²) >= 11 is 0. The molecule has 0 bridgehead atoms. The summed E-state index contributed by atoms with van der Waals surface area (Å²) in [6.45, 7) is 4.60. The highest BCUT2D eigenvalue weighted by molar-refractivity contribution is 5.99. The lowest BCUT2D eigenvalue weighted by Crippen LogP contribution is -2.31. The third-order valence-corrected chi connectivity index (χ3v) is 5.16. The molecule has 6 heteroatoms. The predicted octanol–water partition coefficient (Wildman–Crippen LogP) is 3.43. The number of carbonyl (C=O) groups excluding carboxylic acids is 1. The maximum atomic E-state index is 13.4. The van der Waals surface area contributed by atoms with Crippen LogP contribution in [-0.2, 0) is 0 Å². The Kier molecular flexibility index (Phi) is 5.11. The second-order valence-electron chi connectivity index (χ2n) is 7.16. The highest BCUT2D eigenvalue weighted by atomic mass is 16.5. The van der Waals surface area contributed by atoms with Crippen molar-refractivity contribution in [2.75, 3.05) is 19.8 Å². The lowest BCUT2D eigenvalue weighted by atomic mass is 9.98. The zero-order valence-corrected chi connectivity index (χ0v) is 16.5. The fraction of sp³-hybridized carbons (Fsp3) is 0.304. The molecule has 1 atom stereocenters. The molecule has 29 heavy (non-hydrogen) atoms. The molecule has 0 fully saturated rings. The summed E-state index contributed by atoms with van der Waals surface area (Å²) in [5, 5.41) is 9.76. The summed E-state index contributed by atoms with van der Waals surface area (Å²) in [7, 11) is 0. The van der Waals surface area contributed by atoms with Crippen LogP contribution in [0.1, 0.15) is 46.6 Å². The summed E-state index contributed by atoms with van der Waals surface area (Å²) < 4.78 is 11.5. The number of ether oxygens (including phenoxy) is 1. The molecule has 1 N–H and O–H groups in total. The predicted molar refractivity (Wildman–Crippen MR) is 109 cm³/mol. The first kappa shape index (κ1) is 19.2. The average molecular weight is 393 g/mol. The second kappa shape index (κ2) is 7.72. The Balaban J connectivity index is 1.94. The number of hydrogen-bond acceptors (Lipinski definition) is 5. The number of rotatable bonds is 6. The highest BCUT2D eigenvalue weighted by Crippen LogP contribution is 2.39. The number of carbonyl (C=O) groups is 1. The van der Waals surface area contributed by atoms with Crippen LogP contribution in [0.4, 0.5) is 0 Å². The SMILES string of the molecule is CCOc1cccc([C@H]2c3c(oc4ccc(C)cc4c3=O)C(=O)N2CCCO)c1. The first-order valence-corrected chi connectivity index (χ1v) is 9.77. The van der Waals surface area contributed by atoms with Crippen molar-refractivity contribution >= 4 is 16.9 Å². The molecule has 1 aliphatic rings. The van der Waals surface area contributed by atoms with Crippen molar-refractivity contribution in [1.29, 1.82) is 0 Å². The minimum atomic E-state index is -0.578. The van der Waals surface area contributed by atoms with Crippen LogP contribution in [0.3, 0.4) is 0 Å². The smallest absolute Gasteiger partial charge is 0.290 e. The number of nitrogens with zero attached hydrogens (tertiary/aromatic N) is 1. The quantitative estimate of drug-likeness (QED) is 0.694. The van der Waals surface area contributed by atoms with E-state index in [-0.39, 0.29) is 23.7 Å². The third-order valence-electron chi connectivity index (χ3n) is 5.16. The highest BCUT2D eigenvalue weighted by Gasteiger charge is 2.42. The lowest BCUT2D eigenvalue weighted by molar-refractivity contribution is 0.0716. The molecule has 0 aliphatic carbocycles. The number of aliphatic hydroxyl groups excluding tert-OH is 1. The first-order valence-electron chi connectivity index (χ1n) is 9.77. The summed E-state index contributed by atoms with van der Waals surface area (Å²) in [6.07, 6.45) is 0.411. The van der Waals surface area contributed by atoms with Crippen LogP contribution in [0.2, 0.25) is 0 Å². The van der Waals surface area contributed by atoms with E-state index in [1.165, 1.54) is 0 Å². The van der Waals surface area contributed by atoms with Gasteiger partial charge in [-0.15, -0.1) is 0 Å². The van der Waals surface area contributed by atoms with Crippen molar-refractivity contribution in [2.24, 2.45) is 0 Å². The molecular formula is C23H23NO5. The van der Waals surface area contributed by atoms with Gasteiger partial charge < -0.3 is 19.2 Å². The van der Waals surface area contributed by atoms with Crippen LogP contribution in [0.15, 0.2) is 51.7 Å². The van der Waals surface area contributed by atoms with Gasteiger partial charge in [0.05, 0.1) is 23.6 Å². The van der Waals surface area contributed by atoms with Gasteiger partial charge in [0.1, 0.15) is 11.3 Å². The Hall–Kier alpha value is -3.12. The molecule has 0 unspecified atom stereocenters. The zero-order chi connectivity index (χ0) is 20.5. The number of aliphatic hydroxyl groups is 1. The lowest BCUT2D eigenvalue weighted by Gasteiger charge is -2.25. The Bertz CT molecular complexity index is 1130. The van der Waals surface area contributed by atoms with Gasteiger partial charge in [0.25, 0.3) is 5.91 Å². The van der Waals surface area contributed by atoms with E-state index >= 15 is 0 Å². The molecular weight excluding hydrogens is 370 g/mol. The molecule has 4 rings (SSSR count). The summed E-state index contributed by atoms with van der Waals surface area (Å²) in [5.41, 5.74) is 2.27. The average Bonchev–Trinajstić information content (AvgIpc) is 3.00. The molecule has 0 radical (unpaired) electrons. The number of fused-ring (bicyclic) bond motifs is 2. The number of hydrogen-bond donors (Lipinski definition) is 1. The Morgan fingerprint density at radius 2 is 2.00 bits per heavy atom. The molecule has 6 nitrogen and oxygen atoms in total. The van der Waals surface area contributed by atoms with Crippen molar-refractivity contribution in [3.8, 4) is 5.75 Å². The summed E-state index contributed by atoms with van der Waals surface area (Å²) in [6, 6.07) is 12.2. The molecule has 1 aliphatic heterocycles. The molecule has 1 amide bonds. The van der Waals surface area contributed by atoms with Crippen LogP contribution < -0.4 is 10.2 Å². The standard InChI is InChI=1S/C23H23NO5/c1-3-28-16-7-4-6-15(13-16)20-19-21(26)17-12-14(2)8-9-18(17)29-22(19)23(27)24(20)10-5-11-25/h4,6-9,12-13,20,25H,3,5,10-11H2,1-2H3/t20-/m0/s1. The van der Waals surface area contributed by atoms with Gasteiger partial charge in [-0.1, -0.05) is 23.8 Å². The first-order chi connectivity index (χ1) is 14.0. The van der Waals surface area contributed by atoms with Crippen LogP contribution in [0.5, 0.6) is 5.75 Å². The molecule has 3 aromatic rings. The normalized spacial score (nSPS) is 15.8. The van der Waals surface area contributed by atoms with E-state index in [9.17, 15) is 14.7 Å². The van der Waals surface area contributed by atoms with E-state index in [1.54, 1.807) is 17.0 Å². The number of amides is 1.